The maximum Gasteiger partial charge on any atom is 0.254 e. The number of carbonyl (C=O) groups is 1. The Hall–Kier alpha value is -3.14. The highest BCUT2D eigenvalue weighted by atomic mass is 35.5. The second-order valence-corrected chi connectivity index (χ2v) is 10.7. The third-order valence-electron chi connectivity index (χ3n) is 7.64. The van der Waals surface area contributed by atoms with Crippen molar-refractivity contribution in [1.82, 2.24) is 25.1 Å². The van der Waals surface area contributed by atoms with E-state index in [4.69, 9.17) is 11.6 Å². The second-order valence-electron chi connectivity index (χ2n) is 10.3. The molecule has 2 aliphatic rings. The lowest BCUT2D eigenvalue weighted by atomic mass is 10.0. The van der Waals surface area contributed by atoms with Gasteiger partial charge in [-0.3, -0.25) is 14.6 Å². The molecule has 7 nitrogen and oxygen atoms in total. The molecule has 2 saturated heterocycles. The fraction of sp³-hybridized carbons (Fsp3) is 0.414. The van der Waals surface area contributed by atoms with Crippen LogP contribution in [-0.4, -0.2) is 71.0 Å². The lowest BCUT2D eigenvalue weighted by Crippen LogP contribution is -2.53. The first-order chi connectivity index (χ1) is 18.9. The van der Waals surface area contributed by atoms with Crippen molar-refractivity contribution in [1.29, 1.82) is 0 Å². The summed E-state index contributed by atoms with van der Waals surface area (Å²) < 4.78 is 26.5. The molecule has 2 aromatic carbocycles. The van der Waals surface area contributed by atoms with Crippen LogP contribution in [0.25, 0.3) is 0 Å². The van der Waals surface area contributed by atoms with Gasteiger partial charge in [-0.1, -0.05) is 29.8 Å². The minimum atomic E-state index is -0.940. The molecule has 0 saturated carbocycles. The smallest absolute Gasteiger partial charge is 0.254 e. The number of aromatic nitrogens is 2. The van der Waals surface area contributed by atoms with E-state index in [1.54, 1.807) is 13.1 Å². The van der Waals surface area contributed by atoms with Crippen LogP contribution in [0.2, 0.25) is 5.02 Å². The van der Waals surface area contributed by atoms with Crippen molar-refractivity contribution in [3.63, 3.8) is 0 Å². The third-order valence-corrected chi connectivity index (χ3v) is 7.89. The Kier molecular flexibility index (Phi) is 8.69. The molecule has 1 amide bonds. The maximum atomic E-state index is 13.4. The van der Waals surface area contributed by atoms with Gasteiger partial charge < -0.3 is 10.2 Å². The summed E-state index contributed by atoms with van der Waals surface area (Å²) in [7, 11) is 0. The van der Waals surface area contributed by atoms with E-state index < -0.39 is 11.6 Å². The fourth-order valence-electron chi connectivity index (χ4n) is 5.33. The number of amides is 1. The largest absolute Gasteiger partial charge is 0.348 e. The summed E-state index contributed by atoms with van der Waals surface area (Å²) in [5.74, 6) is -1.58. The number of nitrogens with zero attached hydrogens (tertiary/aromatic N) is 5. The van der Waals surface area contributed by atoms with Crippen molar-refractivity contribution < 1.29 is 13.6 Å². The van der Waals surface area contributed by atoms with Gasteiger partial charge in [0.25, 0.3) is 5.91 Å². The predicted octanol–water partition coefficient (Wildman–Crippen LogP) is 4.43. The van der Waals surface area contributed by atoms with Gasteiger partial charge in [0.1, 0.15) is 0 Å². The van der Waals surface area contributed by atoms with Gasteiger partial charge >= 0.3 is 0 Å². The Bertz CT molecular complexity index is 1290. The van der Waals surface area contributed by atoms with Gasteiger partial charge in [0.15, 0.2) is 11.6 Å². The summed E-state index contributed by atoms with van der Waals surface area (Å²) in [6, 6.07) is 12.3. The van der Waals surface area contributed by atoms with Crippen molar-refractivity contribution in [3.05, 3.63) is 87.7 Å². The number of carbonyl (C=O) groups excluding carboxylic acids is 1. The number of halogens is 3. The fourth-order valence-corrected chi connectivity index (χ4v) is 5.46. The summed E-state index contributed by atoms with van der Waals surface area (Å²) in [5, 5.41) is 3.50. The number of rotatable bonds is 7. The van der Waals surface area contributed by atoms with Gasteiger partial charge in [-0.2, -0.15) is 0 Å². The lowest BCUT2D eigenvalue weighted by molar-refractivity contribution is 0.0949. The Morgan fingerprint density at radius 2 is 1.67 bits per heavy atom. The molecule has 3 heterocycles. The first-order valence-corrected chi connectivity index (χ1v) is 13.7. The molecule has 0 spiro atoms. The SMILES string of the molecule is Cc1nc(N2CCN(C3CCN(Cc4ccc(Cl)cc4)CC3)CC2)ncc1C(=O)NCc1ccc(F)c(F)c1. The minimum Gasteiger partial charge on any atom is -0.348 e. The van der Waals surface area contributed by atoms with E-state index in [2.05, 4.69) is 42.1 Å². The molecule has 10 heteroatoms. The zero-order chi connectivity index (χ0) is 27.4. The van der Waals surface area contributed by atoms with Gasteiger partial charge in [-0.15, -0.1) is 0 Å². The van der Waals surface area contributed by atoms with E-state index in [-0.39, 0.29) is 12.5 Å². The number of benzene rings is 2. The van der Waals surface area contributed by atoms with Crippen molar-refractivity contribution in [2.75, 3.05) is 44.2 Å². The maximum absolute atomic E-state index is 13.4. The highest BCUT2D eigenvalue weighted by Gasteiger charge is 2.28. The van der Waals surface area contributed by atoms with E-state index in [0.717, 1.165) is 75.8 Å². The Balaban J connectivity index is 1.08. The standard InChI is InChI=1S/C29H33ClF2N6O/c1-20-25(28(39)33-17-22-4-7-26(31)27(32)16-22)18-34-29(35-20)38-14-12-37(13-15-38)24-8-10-36(11-9-24)19-21-2-5-23(30)6-3-21/h2-7,16,18,24H,8-15,17,19H2,1H3,(H,33,39). The van der Waals surface area contributed by atoms with Gasteiger partial charge in [-0.25, -0.2) is 18.7 Å². The van der Waals surface area contributed by atoms with E-state index in [9.17, 15) is 13.6 Å². The van der Waals surface area contributed by atoms with Crippen LogP contribution >= 0.6 is 11.6 Å². The molecular weight excluding hydrogens is 522 g/mol. The molecule has 0 atom stereocenters. The molecule has 2 aliphatic heterocycles. The number of aryl methyl sites for hydroxylation is 1. The zero-order valence-corrected chi connectivity index (χ0v) is 22.8. The van der Waals surface area contributed by atoms with E-state index >= 15 is 0 Å². The van der Waals surface area contributed by atoms with Crippen LogP contribution in [0.3, 0.4) is 0 Å². The third kappa shape index (κ3) is 6.90. The molecule has 0 aliphatic carbocycles. The van der Waals surface area contributed by atoms with Crippen molar-refractivity contribution in [3.8, 4) is 0 Å². The van der Waals surface area contributed by atoms with Crippen LogP contribution < -0.4 is 10.2 Å². The monoisotopic (exact) mass is 554 g/mol. The van der Waals surface area contributed by atoms with Crippen molar-refractivity contribution in [2.24, 2.45) is 0 Å². The van der Waals surface area contributed by atoms with E-state index in [1.807, 2.05) is 12.1 Å². The normalized spacial score (nSPS) is 17.4. The Morgan fingerprint density at radius 3 is 2.33 bits per heavy atom. The van der Waals surface area contributed by atoms with Crippen molar-refractivity contribution >= 4 is 23.5 Å². The number of likely N-dealkylation sites (tertiary alicyclic amines) is 1. The summed E-state index contributed by atoms with van der Waals surface area (Å²) in [6.45, 7) is 8.61. The van der Waals surface area contributed by atoms with E-state index in [0.29, 0.717) is 28.8 Å². The van der Waals surface area contributed by atoms with Gasteiger partial charge in [0, 0.05) is 56.5 Å². The van der Waals surface area contributed by atoms with Gasteiger partial charge in [-0.05, 0) is 68.2 Å². The van der Waals surface area contributed by atoms with Crippen LogP contribution in [0.1, 0.15) is 40.0 Å². The molecule has 1 N–H and O–H groups in total. The number of hydrogen-bond acceptors (Lipinski definition) is 6. The molecule has 39 heavy (non-hydrogen) atoms. The molecule has 1 aromatic heterocycles. The highest BCUT2D eigenvalue weighted by Crippen LogP contribution is 2.22. The van der Waals surface area contributed by atoms with Crippen LogP contribution in [0, 0.1) is 18.6 Å². The first-order valence-electron chi connectivity index (χ1n) is 13.4. The first kappa shape index (κ1) is 27.4. The summed E-state index contributed by atoms with van der Waals surface area (Å²) in [6.07, 6.45) is 3.87. The lowest BCUT2D eigenvalue weighted by Gasteiger charge is -2.42. The number of hydrogen-bond donors (Lipinski definition) is 1. The predicted molar refractivity (Wildman–Crippen MR) is 148 cm³/mol. The van der Waals surface area contributed by atoms with Crippen LogP contribution in [0.5, 0.6) is 0 Å². The zero-order valence-electron chi connectivity index (χ0n) is 22.0. The second kappa shape index (κ2) is 12.4. The topological polar surface area (TPSA) is 64.6 Å². The average molecular weight is 555 g/mol. The number of nitrogens with one attached hydrogen (secondary N) is 1. The summed E-state index contributed by atoms with van der Waals surface area (Å²) in [4.78, 5) is 29.0. The summed E-state index contributed by atoms with van der Waals surface area (Å²) >= 11 is 6.01. The van der Waals surface area contributed by atoms with Crippen LogP contribution in [0.15, 0.2) is 48.7 Å². The molecule has 3 aromatic rings. The molecule has 2 fully saturated rings. The number of piperidine rings is 1. The summed E-state index contributed by atoms with van der Waals surface area (Å²) in [5.41, 5.74) is 2.72. The molecule has 0 radical (unpaired) electrons. The average Bonchev–Trinajstić information content (AvgIpc) is 2.95. The van der Waals surface area contributed by atoms with Crippen molar-refractivity contribution in [2.45, 2.75) is 38.9 Å². The molecule has 5 rings (SSSR count). The highest BCUT2D eigenvalue weighted by molar-refractivity contribution is 6.30. The van der Waals surface area contributed by atoms with Crippen LogP contribution in [0.4, 0.5) is 14.7 Å². The number of piperazine rings is 1. The Labute approximate surface area is 232 Å². The van der Waals surface area contributed by atoms with Crippen LogP contribution in [-0.2, 0) is 13.1 Å². The quantitative estimate of drug-likeness (QED) is 0.466. The molecular formula is C29H33ClF2N6O. The Morgan fingerprint density at radius 1 is 0.974 bits per heavy atom. The molecule has 0 bridgehead atoms. The van der Waals surface area contributed by atoms with Gasteiger partial charge in [0.2, 0.25) is 5.95 Å². The van der Waals surface area contributed by atoms with E-state index in [1.165, 1.54) is 11.6 Å². The minimum absolute atomic E-state index is 0.0826. The molecule has 0 unspecified atom stereocenters. The molecule has 206 valence electrons. The number of anilines is 1. The van der Waals surface area contributed by atoms with Gasteiger partial charge in [0.05, 0.1) is 11.3 Å².